The normalized spacial score (nSPS) is 13.3. The third-order valence-electron chi connectivity index (χ3n) is 6.55. The first-order chi connectivity index (χ1) is 18.6. The van der Waals surface area contributed by atoms with Crippen molar-refractivity contribution in [2.75, 3.05) is 44.7 Å². The molecular formula is C29H29N5O3S. The van der Waals surface area contributed by atoms with Gasteiger partial charge in [0.2, 0.25) is 5.91 Å². The molecule has 1 aliphatic heterocycles. The molecule has 1 aliphatic rings. The van der Waals surface area contributed by atoms with E-state index in [4.69, 9.17) is 4.74 Å². The smallest absolute Gasteiger partial charge is 0.264 e. The van der Waals surface area contributed by atoms with Crippen LogP contribution in [0.3, 0.4) is 0 Å². The number of carbonyl (C=O) groups is 2. The van der Waals surface area contributed by atoms with E-state index >= 15 is 0 Å². The molecule has 0 N–H and O–H groups in total. The summed E-state index contributed by atoms with van der Waals surface area (Å²) in [6, 6.07) is 25.0. The van der Waals surface area contributed by atoms with Gasteiger partial charge in [-0.2, -0.15) is 0 Å². The van der Waals surface area contributed by atoms with Gasteiger partial charge in [-0.25, -0.2) is 0 Å². The van der Waals surface area contributed by atoms with Gasteiger partial charge in [-0.05, 0) is 53.4 Å². The van der Waals surface area contributed by atoms with E-state index in [2.05, 4.69) is 15.1 Å². The first kappa shape index (κ1) is 25.4. The van der Waals surface area contributed by atoms with Crippen LogP contribution in [0.25, 0.3) is 11.3 Å². The predicted molar refractivity (Wildman–Crippen MR) is 148 cm³/mol. The highest BCUT2D eigenvalue weighted by molar-refractivity contribution is 7.12. The van der Waals surface area contributed by atoms with E-state index in [-0.39, 0.29) is 18.4 Å². The Morgan fingerprint density at radius 2 is 1.66 bits per heavy atom. The molecule has 1 fully saturated rings. The zero-order valence-electron chi connectivity index (χ0n) is 21.2. The second kappa shape index (κ2) is 11.9. The van der Waals surface area contributed by atoms with Gasteiger partial charge >= 0.3 is 0 Å². The van der Waals surface area contributed by atoms with Crippen LogP contribution in [-0.2, 0) is 11.3 Å². The minimum atomic E-state index is -0.122. The number of amides is 2. The lowest BCUT2D eigenvalue weighted by Gasteiger charge is -2.36. The number of aromatic nitrogens is 2. The fraction of sp³-hybridized carbons (Fsp3) is 0.241. The molecule has 0 unspecified atom stereocenters. The lowest BCUT2D eigenvalue weighted by Crippen LogP contribution is -2.52. The maximum atomic E-state index is 13.2. The monoisotopic (exact) mass is 527 g/mol. The van der Waals surface area contributed by atoms with E-state index in [1.54, 1.807) is 18.1 Å². The zero-order chi connectivity index (χ0) is 26.3. The molecule has 0 spiro atoms. The van der Waals surface area contributed by atoms with Gasteiger partial charge in [-0.15, -0.1) is 21.5 Å². The van der Waals surface area contributed by atoms with Gasteiger partial charge in [0.1, 0.15) is 12.3 Å². The van der Waals surface area contributed by atoms with Crippen LogP contribution in [0.2, 0.25) is 0 Å². The Hall–Kier alpha value is -4.24. The Balaban J connectivity index is 1.19. The van der Waals surface area contributed by atoms with Gasteiger partial charge in [-0.3, -0.25) is 9.59 Å². The van der Waals surface area contributed by atoms with Crippen molar-refractivity contribution in [3.63, 3.8) is 0 Å². The fourth-order valence-electron chi connectivity index (χ4n) is 4.42. The van der Waals surface area contributed by atoms with E-state index < -0.39 is 0 Å². The summed E-state index contributed by atoms with van der Waals surface area (Å²) >= 11 is 1.39. The van der Waals surface area contributed by atoms with E-state index in [1.807, 2.05) is 83.1 Å². The lowest BCUT2D eigenvalue weighted by molar-refractivity contribution is -0.132. The molecule has 9 heteroatoms. The molecule has 5 rings (SSSR count). The van der Waals surface area contributed by atoms with Crippen LogP contribution in [-0.4, -0.2) is 71.6 Å². The number of hydrogen-bond donors (Lipinski definition) is 0. The van der Waals surface area contributed by atoms with Crippen molar-refractivity contribution < 1.29 is 14.3 Å². The third kappa shape index (κ3) is 6.00. The molecule has 0 radical (unpaired) electrons. The van der Waals surface area contributed by atoms with E-state index in [9.17, 15) is 9.59 Å². The van der Waals surface area contributed by atoms with Gasteiger partial charge in [-0.1, -0.05) is 36.4 Å². The molecule has 0 atom stereocenters. The van der Waals surface area contributed by atoms with Gasteiger partial charge in [0, 0.05) is 38.3 Å². The Kier molecular flexibility index (Phi) is 7.94. The molecule has 2 aromatic carbocycles. The summed E-state index contributed by atoms with van der Waals surface area (Å²) in [5.74, 6) is 1.41. The molecule has 1 saturated heterocycles. The molecule has 38 heavy (non-hydrogen) atoms. The molecule has 8 nitrogen and oxygen atoms in total. The maximum Gasteiger partial charge on any atom is 0.264 e. The van der Waals surface area contributed by atoms with Gasteiger partial charge < -0.3 is 19.4 Å². The number of carbonyl (C=O) groups excluding carboxylic acids is 2. The van der Waals surface area contributed by atoms with Crippen LogP contribution in [0.4, 0.5) is 5.82 Å². The standard InChI is InChI=1S/C29H29N5O3S/c1-37-24-11-9-23(10-12-24)25-13-14-27(31-30-25)32-15-17-33(18-16-32)28(35)21-34(20-22-6-3-2-4-7-22)29(36)26-8-5-19-38-26/h2-14,19H,15-18,20-21H2,1H3. The van der Waals surface area contributed by atoms with Crippen molar-refractivity contribution >= 4 is 29.0 Å². The lowest BCUT2D eigenvalue weighted by atomic mass is 10.1. The average Bonchev–Trinajstić information content (AvgIpc) is 3.52. The van der Waals surface area contributed by atoms with Crippen LogP contribution in [0, 0.1) is 0 Å². The average molecular weight is 528 g/mol. The van der Waals surface area contributed by atoms with Gasteiger partial charge in [0.25, 0.3) is 5.91 Å². The van der Waals surface area contributed by atoms with E-state index in [0.717, 1.165) is 28.4 Å². The number of piperazine rings is 1. The number of benzene rings is 2. The van der Waals surface area contributed by atoms with Crippen molar-refractivity contribution in [3.8, 4) is 17.0 Å². The summed E-state index contributed by atoms with van der Waals surface area (Å²) < 4.78 is 5.22. The first-order valence-electron chi connectivity index (χ1n) is 12.5. The maximum absolute atomic E-state index is 13.2. The Bertz CT molecular complexity index is 1340. The van der Waals surface area contributed by atoms with Crippen LogP contribution in [0.15, 0.2) is 84.2 Å². The summed E-state index contributed by atoms with van der Waals surface area (Å²) in [7, 11) is 1.64. The number of methoxy groups -OCH3 is 1. The second-order valence-corrected chi connectivity index (χ2v) is 9.94. The SMILES string of the molecule is COc1ccc(-c2ccc(N3CCN(C(=O)CN(Cc4ccccc4)C(=O)c4cccs4)CC3)nn2)cc1. The van der Waals surface area contributed by atoms with Crippen molar-refractivity contribution in [3.05, 3.63) is 94.7 Å². The summed E-state index contributed by atoms with van der Waals surface area (Å²) in [5, 5.41) is 10.7. The summed E-state index contributed by atoms with van der Waals surface area (Å²) in [6.45, 7) is 2.86. The molecular weight excluding hydrogens is 498 g/mol. The summed E-state index contributed by atoms with van der Waals surface area (Å²) in [4.78, 5) is 32.6. The van der Waals surface area contributed by atoms with Crippen LogP contribution in [0.1, 0.15) is 15.2 Å². The van der Waals surface area contributed by atoms with E-state index in [0.29, 0.717) is 37.6 Å². The molecule has 2 aromatic heterocycles. The van der Waals surface area contributed by atoms with Crippen molar-refractivity contribution in [2.45, 2.75) is 6.54 Å². The molecule has 0 bridgehead atoms. The molecule has 0 aliphatic carbocycles. The summed E-state index contributed by atoms with van der Waals surface area (Å²) in [5.41, 5.74) is 2.75. The quantitative estimate of drug-likeness (QED) is 0.342. The highest BCUT2D eigenvalue weighted by atomic mass is 32.1. The van der Waals surface area contributed by atoms with Crippen LogP contribution >= 0.6 is 11.3 Å². The minimum Gasteiger partial charge on any atom is -0.497 e. The number of thiophene rings is 1. The molecule has 4 aromatic rings. The largest absolute Gasteiger partial charge is 0.497 e. The first-order valence-corrected chi connectivity index (χ1v) is 13.4. The number of ether oxygens (including phenoxy) is 1. The minimum absolute atomic E-state index is 0.0436. The van der Waals surface area contributed by atoms with Gasteiger partial charge in [0.05, 0.1) is 17.7 Å². The highest BCUT2D eigenvalue weighted by Gasteiger charge is 2.26. The highest BCUT2D eigenvalue weighted by Crippen LogP contribution is 2.22. The van der Waals surface area contributed by atoms with Crippen LogP contribution in [0.5, 0.6) is 5.75 Å². The van der Waals surface area contributed by atoms with Crippen molar-refractivity contribution in [1.82, 2.24) is 20.0 Å². The third-order valence-corrected chi connectivity index (χ3v) is 7.41. The molecule has 3 heterocycles. The Morgan fingerprint density at radius 3 is 2.29 bits per heavy atom. The second-order valence-electron chi connectivity index (χ2n) is 9.00. The topological polar surface area (TPSA) is 78.9 Å². The predicted octanol–water partition coefficient (Wildman–Crippen LogP) is 4.20. The van der Waals surface area contributed by atoms with Crippen molar-refractivity contribution in [1.29, 1.82) is 0 Å². The Labute approximate surface area is 226 Å². The number of nitrogens with zero attached hydrogens (tertiary/aromatic N) is 5. The van der Waals surface area contributed by atoms with E-state index in [1.165, 1.54) is 11.3 Å². The van der Waals surface area contributed by atoms with Gasteiger partial charge in [0.15, 0.2) is 5.82 Å². The molecule has 0 saturated carbocycles. The van der Waals surface area contributed by atoms with Crippen LogP contribution < -0.4 is 9.64 Å². The number of anilines is 1. The fourth-order valence-corrected chi connectivity index (χ4v) is 5.11. The molecule has 2 amide bonds. The number of hydrogen-bond acceptors (Lipinski definition) is 7. The zero-order valence-corrected chi connectivity index (χ0v) is 22.0. The Morgan fingerprint density at radius 1 is 0.895 bits per heavy atom. The van der Waals surface area contributed by atoms with Crippen molar-refractivity contribution in [2.24, 2.45) is 0 Å². The summed E-state index contributed by atoms with van der Waals surface area (Å²) in [6.07, 6.45) is 0. The molecule has 194 valence electrons. The number of rotatable bonds is 8.